The van der Waals surface area contributed by atoms with Crippen molar-refractivity contribution in [2.75, 3.05) is 0 Å². The van der Waals surface area contributed by atoms with Gasteiger partial charge in [-0.2, -0.15) is 8.42 Å². The van der Waals surface area contributed by atoms with E-state index in [1.165, 1.54) is 83.5 Å². The molecule has 0 aromatic heterocycles. The monoisotopic (exact) mass is 466 g/mol. The van der Waals surface area contributed by atoms with Crippen molar-refractivity contribution in [1.82, 2.24) is 0 Å². The molecule has 0 aromatic carbocycles. The number of carbonyl (C=O) groups excluding carboxylic acids is 2. The third-order valence-electron chi connectivity index (χ3n) is 6.07. The van der Waals surface area contributed by atoms with Gasteiger partial charge < -0.3 is 1.43 Å². The largest absolute Gasteiger partial charge is 1.00 e. The molecule has 1 rings (SSSR count). The smallest absolute Gasteiger partial charge is 1.00 e. The van der Waals surface area contributed by atoms with E-state index < -0.39 is 26.7 Å². The second kappa shape index (κ2) is 18.4. The molecule has 0 bridgehead atoms. The molecule has 0 aromatic rings. The minimum absolute atomic E-state index is 0. The maximum atomic E-state index is 12.0. The van der Waals surface area contributed by atoms with Gasteiger partial charge in [-0.05, 0) is 6.42 Å². The van der Waals surface area contributed by atoms with Crippen LogP contribution in [0.15, 0.2) is 11.0 Å². The fraction of sp³-hybridized carbons (Fsp3) is 0.833. The molecule has 1 N–H and O–H groups in total. The van der Waals surface area contributed by atoms with E-state index in [1.807, 2.05) is 0 Å². The van der Waals surface area contributed by atoms with Crippen molar-refractivity contribution in [1.29, 1.82) is 0 Å². The summed E-state index contributed by atoms with van der Waals surface area (Å²) in [4.78, 5) is 23.0. The van der Waals surface area contributed by atoms with Gasteiger partial charge in [0.1, 0.15) is 4.91 Å². The molecule has 1 atom stereocenters. The molecule has 1 aliphatic carbocycles. The third kappa shape index (κ3) is 14.7. The van der Waals surface area contributed by atoms with Gasteiger partial charge in [-0.25, -0.2) is 0 Å². The molecule has 0 radical (unpaired) electrons. The Bertz CT molecular complexity index is 649. The van der Waals surface area contributed by atoms with Gasteiger partial charge in [-0.15, -0.1) is 0 Å². The summed E-state index contributed by atoms with van der Waals surface area (Å²) in [6.07, 6.45) is 21.9. The fourth-order valence-electron chi connectivity index (χ4n) is 4.15. The number of ketones is 2. The van der Waals surface area contributed by atoms with Crippen LogP contribution >= 0.6 is 0 Å². The standard InChI is InChI=1S/C24H42O5S.Na.H/c1-2-3-4-5-6-7-8-9-10-11-12-13-14-15-16-17-18-21-19-23(26)24(20-22(21)25)30(27,28)29;;/h20-21H,2-19H2,1H3,(H,27,28,29);;/q;+1;-1. The SMILES string of the molecule is CCCCCCCCCCCCCCCCCCC1CC(=O)C(S(=O)(=O)O)=CC1=O.[H-].[Na+]. The van der Waals surface area contributed by atoms with E-state index in [0.717, 1.165) is 25.3 Å². The molecule has 1 aliphatic rings. The van der Waals surface area contributed by atoms with E-state index >= 15 is 0 Å². The van der Waals surface area contributed by atoms with Gasteiger partial charge in [-0.3, -0.25) is 14.1 Å². The Morgan fingerprint density at radius 1 is 0.806 bits per heavy atom. The van der Waals surface area contributed by atoms with Crippen LogP contribution in [-0.2, 0) is 19.7 Å². The summed E-state index contributed by atoms with van der Waals surface area (Å²) in [5, 5.41) is 0. The van der Waals surface area contributed by atoms with Crippen molar-refractivity contribution in [3.8, 4) is 0 Å². The number of hydrogen-bond donors (Lipinski definition) is 1. The van der Waals surface area contributed by atoms with Crippen LogP contribution in [0.3, 0.4) is 0 Å². The fourth-order valence-corrected chi connectivity index (χ4v) is 4.79. The van der Waals surface area contributed by atoms with Crippen LogP contribution in [0.4, 0.5) is 0 Å². The third-order valence-corrected chi connectivity index (χ3v) is 6.97. The van der Waals surface area contributed by atoms with Crippen LogP contribution in [0.1, 0.15) is 124 Å². The molecular formula is C24H43NaO5S. The summed E-state index contributed by atoms with van der Waals surface area (Å²) in [6.45, 7) is 2.26. The van der Waals surface area contributed by atoms with Gasteiger partial charge in [0.15, 0.2) is 11.6 Å². The van der Waals surface area contributed by atoms with E-state index in [0.29, 0.717) is 6.42 Å². The van der Waals surface area contributed by atoms with Crippen LogP contribution < -0.4 is 29.6 Å². The van der Waals surface area contributed by atoms with Crippen molar-refractivity contribution in [3.05, 3.63) is 11.0 Å². The molecular weight excluding hydrogens is 423 g/mol. The Balaban J connectivity index is 0. The average Bonchev–Trinajstić information content (AvgIpc) is 2.69. The van der Waals surface area contributed by atoms with E-state index in [1.54, 1.807) is 0 Å². The summed E-state index contributed by atoms with van der Waals surface area (Å²) >= 11 is 0. The Morgan fingerprint density at radius 2 is 1.19 bits per heavy atom. The van der Waals surface area contributed by atoms with Crippen molar-refractivity contribution in [3.63, 3.8) is 0 Å². The first-order valence-corrected chi connectivity index (χ1v) is 13.6. The summed E-state index contributed by atoms with van der Waals surface area (Å²) in [6, 6.07) is 0. The van der Waals surface area contributed by atoms with Crippen LogP contribution in [0, 0.1) is 5.92 Å². The Labute approximate surface area is 213 Å². The van der Waals surface area contributed by atoms with E-state index in [-0.39, 0.29) is 43.2 Å². The molecule has 7 heteroatoms. The molecule has 176 valence electrons. The molecule has 5 nitrogen and oxygen atoms in total. The van der Waals surface area contributed by atoms with E-state index in [4.69, 9.17) is 4.55 Å². The molecule has 1 unspecified atom stereocenters. The second-order valence-electron chi connectivity index (χ2n) is 8.80. The maximum Gasteiger partial charge on any atom is 1.00 e. The first-order valence-electron chi connectivity index (χ1n) is 12.1. The van der Waals surface area contributed by atoms with E-state index in [2.05, 4.69) is 6.92 Å². The van der Waals surface area contributed by atoms with Crippen LogP contribution in [0.2, 0.25) is 0 Å². The first-order chi connectivity index (χ1) is 14.4. The quantitative estimate of drug-likeness (QED) is 0.189. The number of unbranched alkanes of at least 4 members (excludes halogenated alkanes) is 15. The molecule has 0 amide bonds. The summed E-state index contributed by atoms with van der Waals surface area (Å²) in [5.41, 5.74) is 0. The zero-order valence-electron chi connectivity index (χ0n) is 20.9. The summed E-state index contributed by atoms with van der Waals surface area (Å²) < 4.78 is 31.1. The maximum absolute atomic E-state index is 12.0. The van der Waals surface area contributed by atoms with Crippen LogP contribution in [0.5, 0.6) is 0 Å². The predicted molar refractivity (Wildman–Crippen MR) is 123 cm³/mol. The van der Waals surface area contributed by atoms with Crippen molar-refractivity contribution in [2.24, 2.45) is 5.92 Å². The molecule has 0 saturated carbocycles. The zero-order valence-corrected chi connectivity index (χ0v) is 22.7. The number of carbonyl (C=O) groups is 2. The van der Waals surface area contributed by atoms with Crippen molar-refractivity contribution in [2.45, 2.75) is 122 Å². The van der Waals surface area contributed by atoms with Gasteiger partial charge >= 0.3 is 29.6 Å². The number of hydrogen-bond acceptors (Lipinski definition) is 4. The summed E-state index contributed by atoms with van der Waals surface area (Å²) in [7, 11) is -4.59. The predicted octanol–water partition coefficient (Wildman–Crippen LogP) is 3.68. The first kappa shape index (κ1) is 31.0. The van der Waals surface area contributed by atoms with Crippen molar-refractivity contribution < 1.29 is 53.5 Å². The molecule has 0 spiro atoms. The molecule has 0 aliphatic heterocycles. The topological polar surface area (TPSA) is 88.5 Å². The normalized spacial score (nSPS) is 16.8. The molecule has 0 saturated heterocycles. The molecule has 31 heavy (non-hydrogen) atoms. The second-order valence-corrected chi connectivity index (χ2v) is 10.2. The van der Waals surface area contributed by atoms with Gasteiger partial charge in [0.25, 0.3) is 10.1 Å². The molecule has 0 heterocycles. The Kier molecular flexibility index (Phi) is 18.4. The molecule has 0 fully saturated rings. The van der Waals surface area contributed by atoms with Gasteiger partial charge in [0.05, 0.1) is 0 Å². The van der Waals surface area contributed by atoms with Crippen molar-refractivity contribution >= 4 is 21.7 Å². The van der Waals surface area contributed by atoms with Crippen LogP contribution in [-0.4, -0.2) is 24.5 Å². The summed E-state index contributed by atoms with van der Waals surface area (Å²) in [5.74, 6) is -1.45. The van der Waals surface area contributed by atoms with E-state index in [9.17, 15) is 18.0 Å². The Hall–Kier alpha value is -0.0100. The number of allylic oxidation sites excluding steroid dienone is 2. The number of Topliss-reactive ketones (excluding diaryl/α,β-unsaturated/α-hetero) is 1. The minimum atomic E-state index is -4.59. The average molecular weight is 467 g/mol. The minimum Gasteiger partial charge on any atom is -1.00 e. The number of rotatable bonds is 18. The van der Waals surface area contributed by atoms with Crippen LogP contribution in [0.25, 0.3) is 0 Å². The van der Waals surface area contributed by atoms with Gasteiger partial charge in [0, 0.05) is 18.4 Å². The van der Waals surface area contributed by atoms with Gasteiger partial charge in [-0.1, -0.05) is 110 Å². The zero-order chi connectivity index (χ0) is 22.2. The van der Waals surface area contributed by atoms with Gasteiger partial charge in [0.2, 0.25) is 0 Å². The Morgan fingerprint density at radius 3 is 1.58 bits per heavy atom.